The summed E-state index contributed by atoms with van der Waals surface area (Å²) >= 11 is 6.01. The summed E-state index contributed by atoms with van der Waals surface area (Å²) in [5.41, 5.74) is 5.75. The summed E-state index contributed by atoms with van der Waals surface area (Å²) in [5.74, 6) is 0.859. The molecule has 0 aliphatic carbocycles. The summed E-state index contributed by atoms with van der Waals surface area (Å²) in [6.45, 7) is 1.89. The monoisotopic (exact) mass is 310 g/mol. The molecule has 1 fully saturated rings. The molecule has 116 valence electrons. The molecule has 5 heteroatoms. The van der Waals surface area contributed by atoms with Crippen molar-refractivity contribution in [2.45, 2.75) is 38.1 Å². The molecule has 1 atom stereocenters. The second-order valence-corrected chi connectivity index (χ2v) is 5.76. The van der Waals surface area contributed by atoms with Crippen LogP contribution >= 0.6 is 11.6 Å². The number of para-hydroxylation sites is 1. The van der Waals surface area contributed by atoms with E-state index in [-0.39, 0.29) is 11.9 Å². The molecular formula is C16H23ClN2O2. The van der Waals surface area contributed by atoms with E-state index in [1.165, 1.54) is 6.42 Å². The third-order valence-electron chi connectivity index (χ3n) is 3.85. The van der Waals surface area contributed by atoms with Crippen LogP contribution in [0.3, 0.4) is 0 Å². The van der Waals surface area contributed by atoms with Crippen molar-refractivity contribution in [3.63, 3.8) is 0 Å². The van der Waals surface area contributed by atoms with Crippen molar-refractivity contribution in [3.05, 3.63) is 29.3 Å². The second-order valence-electron chi connectivity index (χ2n) is 5.35. The zero-order valence-electron chi connectivity index (χ0n) is 12.3. The normalized spacial score (nSPS) is 18.6. The maximum atomic E-state index is 12.2. The molecular weight excluding hydrogens is 288 g/mol. The van der Waals surface area contributed by atoms with Crippen LogP contribution in [-0.2, 0) is 4.79 Å². The smallest absolute Gasteiger partial charge is 0.222 e. The second kappa shape index (κ2) is 8.25. The summed E-state index contributed by atoms with van der Waals surface area (Å²) in [6, 6.07) is 7.59. The van der Waals surface area contributed by atoms with E-state index in [1.807, 2.05) is 23.1 Å². The number of likely N-dealkylation sites (tertiary alicyclic amines) is 1. The molecule has 1 amide bonds. The lowest BCUT2D eigenvalue weighted by Crippen LogP contribution is -2.47. The van der Waals surface area contributed by atoms with Gasteiger partial charge in [0.05, 0.1) is 11.6 Å². The van der Waals surface area contributed by atoms with Crippen molar-refractivity contribution < 1.29 is 9.53 Å². The molecule has 0 saturated carbocycles. The number of nitrogens with zero attached hydrogens (tertiary/aromatic N) is 1. The van der Waals surface area contributed by atoms with E-state index in [0.29, 0.717) is 36.8 Å². The molecule has 1 aromatic carbocycles. The van der Waals surface area contributed by atoms with Gasteiger partial charge in [-0.2, -0.15) is 0 Å². The van der Waals surface area contributed by atoms with Crippen molar-refractivity contribution in [3.8, 4) is 5.75 Å². The molecule has 1 saturated heterocycles. The lowest BCUT2D eigenvalue weighted by Gasteiger charge is -2.35. The van der Waals surface area contributed by atoms with Crippen LogP contribution in [0.15, 0.2) is 24.3 Å². The topological polar surface area (TPSA) is 55.6 Å². The van der Waals surface area contributed by atoms with Crippen molar-refractivity contribution >= 4 is 17.5 Å². The zero-order valence-corrected chi connectivity index (χ0v) is 13.0. The first-order valence-corrected chi connectivity index (χ1v) is 7.97. The molecule has 1 aliphatic heterocycles. The highest BCUT2D eigenvalue weighted by Crippen LogP contribution is 2.23. The molecule has 4 nitrogen and oxygen atoms in total. The summed E-state index contributed by atoms with van der Waals surface area (Å²) in [5, 5.41) is 0.600. The van der Waals surface area contributed by atoms with Crippen molar-refractivity contribution in [1.82, 2.24) is 4.90 Å². The van der Waals surface area contributed by atoms with Crippen LogP contribution in [0.5, 0.6) is 5.75 Å². The van der Waals surface area contributed by atoms with Gasteiger partial charge in [0, 0.05) is 25.6 Å². The molecule has 1 aromatic rings. The SMILES string of the molecule is NCC1CCCCN1C(=O)CCCOc1ccccc1Cl. The maximum absolute atomic E-state index is 12.2. The minimum absolute atomic E-state index is 0.188. The average Bonchev–Trinajstić information content (AvgIpc) is 2.52. The molecule has 21 heavy (non-hydrogen) atoms. The zero-order chi connectivity index (χ0) is 15.1. The molecule has 1 heterocycles. The van der Waals surface area contributed by atoms with E-state index >= 15 is 0 Å². The van der Waals surface area contributed by atoms with Crippen LogP contribution < -0.4 is 10.5 Å². The number of rotatable bonds is 6. The maximum Gasteiger partial charge on any atom is 0.222 e. The van der Waals surface area contributed by atoms with Gasteiger partial charge in [-0.25, -0.2) is 0 Å². The van der Waals surface area contributed by atoms with Gasteiger partial charge in [0.25, 0.3) is 0 Å². The number of hydrogen-bond donors (Lipinski definition) is 1. The highest BCUT2D eigenvalue weighted by atomic mass is 35.5. The third-order valence-corrected chi connectivity index (χ3v) is 4.16. The lowest BCUT2D eigenvalue weighted by molar-refractivity contribution is -0.134. The number of benzene rings is 1. The Labute approximate surface area is 131 Å². The standard InChI is InChI=1S/C16H23ClN2O2/c17-14-7-1-2-8-15(14)21-11-5-9-16(20)19-10-4-3-6-13(19)12-18/h1-2,7-8,13H,3-6,9-12,18H2. The predicted octanol–water partition coefficient (Wildman–Crippen LogP) is 2.84. The number of nitrogens with two attached hydrogens (primary N) is 1. The molecule has 2 N–H and O–H groups in total. The Morgan fingerprint density at radius 1 is 1.38 bits per heavy atom. The molecule has 0 aromatic heterocycles. The minimum Gasteiger partial charge on any atom is -0.492 e. The van der Waals surface area contributed by atoms with Crippen LogP contribution in [-0.4, -0.2) is 36.5 Å². The van der Waals surface area contributed by atoms with Crippen molar-refractivity contribution in [2.24, 2.45) is 5.73 Å². The summed E-state index contributed by atoms with van der Waals surface area (Å²) in [6.07, 6.45) is 4.47. The molecule has 0 bridgehead atoms. The van der Waals surface area contributed by atoms with Crippen LogP contribution in [0.2, 0.25) is 5.02 Å². The number of ether oxygens (including phenoxy) is 1. The molecule has 2 rings (SSSR count). The number of halogens is 1. The Hall–Kier alpha value is -1.26. The van der Waals surface area contributed by atoms with Crippen LogP contribution in [0.1, 0.15) is 32.1 Å². The minimum atomic E-state index is 0.188. The van der Waals surface area contributed by atoms with Crippen LogP contribution in [0, 0.1) is 0 Å². The van der Waals surface area contributed by atoms with Gasteiger partial charge in [-0.05, 0) is 37.8 Å². The fraction of sp³-hybridized carbons (Fsp3) is 0.562. The van der Waals surface area contributed by atoms with Crippen molar-refractivity contribution in [1.29, 1.82) is 0 Å². The van der Waals surface area contributed by atoms with Crippen LogP contribution in [0.25, 0.3) is 0 Å². The molecule has 1 aliphatic rings. The first-order chi connectivity index (χ1) is 10.2. The van der Waals surface area contributed by atoms with E-state index in [2.05, 4.69) is 0 Å². The van der Waals surface area contributed by atoms with E-state index in [0.717, 1.165) is 19.4 Å². The van der Waals surface area contributed by atoms with Gasteiger partial charge in [-0.3, -0.25) is 4.79 Å². The number of hydrogen-bond acceptors (Lipinski definition) is 3. The predicted molar refractivity (Wildman–Crippen MR) is 84.6 cm³/mol. The van der Waals surface area contributed by atoms with Gasteiger partial charge >= 0.3 is 0 Å². The average molecular weight is 311 g/mol. The van der Waals surface area contributed by atoms with E-state index in [1.54, 1.807) is 6.07 Å². The van der Waals surface area contributed by atoms with Crippen molar-refractivity contribution in [2.75, 3.05) is 19.7 Å². The largest absolute Gasteiger partial charge is 0.492 e. The number of piperidine rings is 1. The van der Waals surface area contributed by atoms with Gasteiger partial charge in [0.2, 0.25) is 5.91 Å². The van der Waals surface area contributed by atoms with E-state index in [9.17, 15) is 4.79 Å². The molecule has 1 unspecified atom stereocenters. The fourth-order valence-corrected chi connectivity index (χ4v) is 2.88. The number of amides is 1. The van der Waals surface area contributed by atoms with Gasteiger partial charge < -0.3 is 15.4 Å². The Morgan fingerprint density at radius 2 is 2.19 bits per heavy atom. The Kier molecular flexibility index (Phi) is 6.33. The Bertz CT molecular complexity index is 467. The highest BCUT2D eigenvalue weighted by Gasteiger charge is 2.24. The molecule has 0 radical (unpaired) electrons. The van der Waals surface area contributed by atoms with E-state index < -0.39 is 0 Å². The lowest BCUT2D eigenvalue weighted by atomic mass is 10.0. The van der Waals surface area contributed by atoms with E-state index in [4.69, 9.17) is 22.1 Å². The highest BCUT2D eigenvalue weighted by molar-refractivity contribution is 6.32. The first-order valence-electron chi connectivity index (χ1n) is 7.59. The van der Waals surface area contributed by atoms with Gasteiger partial charge in [-0.1, -0.05) is 23.7 Å². The van der Waals surface area contributed by atoms with Gasteiger partial charge in [-0.15, -0.1) is 0 Å². The summed E-state index contributed by atoms with van der Waals surface area (Å²) in [7, 11) is 0. The Morgan fingerprint density at radius 3 is 2.95 bits per heavy atom. The van der Waals surface area contributed by atoms with Gasteiger partial charge in [0.1, 0.15) is 5.75 Å². The fourth-order valence-electron chi connectivity index (χ4n) is 2.68. The quantitative estimate of drug-likeness (QED) is 0.822. The van der Waals surface area contributed by atoms with Crippen LogP contribution in [0.4, 0.5) is 0 Å². The molecule has 0 spiro atoms. The summed E-state index contributed by atoms with van der Waals surface area (Å²) in [4.78, 5) is 14.2. The summed E-state index contributed by atoms with van der Waals surface area (Å²) < 4.78 is 5.60. The number of carbonyl (C=O) groups excluding carboxylic acids is 1. The number of carbonyl (C=O) groups is 1. The van der Waals surface area contributed by atoms with Gasteiger partial charge in [0.15, 0.2) is 0 Å². The third kappa shape index (κ3) is 4.61. The first kappa shape index (κ1) is 16.1. The Balaban J connectivity index is 1.73.